The first kappa shape index (κ1) is 17.0. The number of carbonyl (C=O) groups excluding carboxylic acids is 2. The van der Waals surface area contributed by atoms with Crippen LogP contribution in [0.5, 0.6) is 5.75 Å². The van der Waals surface area contributed by atoms with Crippen molar-refractivity contribution in [2.24, 2.45) is 0 Å². The third-order valence-electron chi connectivity index (χ3n) is 4.38. The number of pyridine rings is 1. The lowest BCUT2D eigenvalue weighted by molar-refractivity contribution is 0.0698. The van der Waals surface area contributed by atoms with E-state index in [0.29, 0.717) is 24.2 Å². The summed E-state index contributed by atoms with van der Waals surface area (Å²) in [6, 6.07) is 10.7. The molecule has 0 radical (unpaired) electrons. The van der Waals surface area contributed by atoms with Crippen molar-refractivity contribution in [2.75, 3.05) is 20.2 Å². The lowest BCUT2D eigenvalue weighted by Crippen LogP contribution is -2.46. The van der Waals surface area contributed by atoms with E-state index in [1.807, 2.05) is 4.90 Å². The number of piperidine rings is 1. The summed E-state index contributed by atoms with van der Waals surface area (Å²) in [5, 5.41) is 3.02. The van der Waals surface area contributed by atoms with E-state index in [9.17, 15) is 9.59 Å². The van der Waals surface area contributed by atoms with Crippen LogP contribution in [0.25, 0.3) is 0 Å². The molecule has 0 atom stereocenters. The molecule has 3 rings (SSSR count). The quantitative estimate of drug-likeness (QED) is 0.926. The lowest BCUT2D eigenvalue weighted by Gasteiger charge is -2.32. The van der Waals surface area contributed by atoms with Gasteiger partial charge < -0.3 is 15.0 Å². The Morgan fingerprint density at radius 2 is 1.84 bits per heavy atom. The highest BCUT2D eigenvalue weighted by molar-refractivity contribution is 5.95. The normalized spacial score (nSPS) is 14.8. The van der Waals surface area contributed by atoms with Crippen LogP contribution < -0.4 is 10.1 Å². The van der Waals surface area contributed by atoms with Gasteiger partial charge in [0.25, 0.3) is 11.8 Å². The van der Waals surface area contributed by atoms with Gasteiger partial charge in [-0.05, 0) is 49.2 Å². The minimum absolute atomic E-state index is 0.0136. The van der Waals surface area contributed by atoms with E-state index in [1.165, 1.54) is 0 Å². The zero-order valence-corrected chi connectivity index (χ0v) is 14.1. The molecule has 2 aromatic rings. The van der Waals surface area contributed by atoms with E-state index < -0.39 is 0 Å². The van der Waals surface area contributed by atoms with Gasteiger partial charge in [-0.2, -0.15) is 0 Å². The molecule has 2 amide bonds. The van der Waals surface area contributed by atoms with Gasteiger partial charge in [0.15, 0.2) is 0 Å². The highest BCUT2D eigenvalue weighted by atomic mass is 16.5. The molecule has 6 nitrogen and oxygen atoms in total. The molecule has 1 aromatic carbocycles. The molecular weight excluding hydrogens is 318 g/mol. The number of amides is 2. The largest absolute Gasteiger partial charge is 0.497 e. The highest BCUT2D eigenvalue weighted by Gasteiger charge is 2.24. The monoisotopic (exact) mass is 339 g/mol. The first-order chi connectivity index (χ1) is 12.2. The van der Waals surface area contributed by atoms with Gasteiger partial charge in [-0.15, -0.1) is 0 Å². The van der Waals surface area contributed by atoms with Crippen molar-refractivity contribution in [3.8, 4) is 5.75 Å². The summed E-state index contributed by atoms with van der Waals surface area (Å²) in [4.78, 5) is 30.5. The summed E-state index contributed by atoms with van der Waals surface area (Å²) in [7, 11) is 1.60. The van der Waals surface area contributed by atoms with Crippen molar-refractivity contribution in [2.45, 2.75) is 18.9 Å². The van der Waals surface area contributed by atoms with Gasteiger partial charge in [-0.25, -0.2) is 0 Å². The molecule has 1 saturated heterocycles. The molecule has 25 heavy (non-hydrogen) atoms. The second-order valence-electron chi connectivity index (χ2n) is 6.01. The molecule has 1 aliphatic rings. The fourth-order valence-corrected chi connectivity index (χ4v) is 2.91. The molecule has 2 heterocycles. The summed E-state index contributed by atoms with van der Waals surface area (Å²) in [5.74, 6) is 0.626. The third-order valence-corrected chi connectivity index (χ3v) is 4.38. The maximum absolute atomic E-state index is 12.5. The van der Waals surface area contributed by atoms with Gasteiger partial charge in [0.2, 0.25) is 0 Å². The van der Waals surface area contributed by atoms with Crippen molar-refractivity contribution in [1.29, 1.82) is 0 Å². The van der Waals surface area contributed by atoms with Gasteiger partial charge in [0, 0.05) is 37.1 Å². The fraction of sp³-hybridized carbons (Fsp3) is 0.316. The maximum atomic E-state index is 12.5. The van der Waals surface area contributed by atoms with E-state index in [1.54, 1.807) is 55.9 Å². The molecule has 1 N–H and O–H groups in total. The molecular formula is C19H21N3O3. The van der Waals surface area contributed by atoms with Crippen molar-refractivity contribution in [1.82, 2.24) is 15.2 Å². The van der Waals surface area contributed by atoms with Crippen LogP contribution in [0.1, 0.15) is 33.6 Å². The number of methoxy groups -OCH3 is 1. The minimum atomic E-state index is -0.118. The number of nitrogens with zero attached hydrogens (tertiary/aromatic N) is 2. The molecule has 1 aromatic heterocycles. The summed E-state index contributed by atoms with van der Waals surface area (Å²) in [6.07, 6.45) is 4.68. The standard InChI is InChI=1S/C19H21N3O3/c1-25-17-6-4-14(5-7-17)19(24)22-11-8-16(9-12-22)21-18(23)15-3-2-10-20-13-15/h2-7,10,13,16H,8-9,11-12H2,1H3,(H,21,23). The molecule has 0 unspecified atom stereocenters. The first-order valence-corrected chi connectivity index (χ1v) is 8.31. The van der Waals surface area contributed by atoms with Crippen LogP contribution in [0.2, 0.25) is 0 Å². The Balaban J connectivity index is 1.52. The van der Waals surface area contributed by atoms with E-state index in [0.717, 1.165) is 18.6 Å². The van der Waals surface area contributed by atoms with Crippen molar-refractivity contribution in [3.63, 3.8) is 0 Å². The van der Waals surface area contributed by atoms with Gasteiger partial charge >= 0.3 is 0 Å². The number of carbonyl (C=O) groups is 2. The van der Waals surface area contributed by atoms with Crippen molar-refractivity contribution < 1.29 is 14.3 Å². The zero-order chi connectivity index (χ0) is 17.6. The van der Waals surface area contributed by atoms with Crippen LogP contribution >= 0.6 is 0 Å². The second kappa shape index (κ2) is 7.79. The Kier molecular flexibility index (Phi) is 5.28. The predicted molar refractivity (Wildman–Crippen MR) is 93.6 cm³/mol. The average Bonchev–Trinajstić information content (AvgIpc) is 2.69. The SMILES string of the molecule is COc1ccc(C(=O)N2CCC(NC(=O)c3cccnc3)CC2)cc1. The van der Waals surface area contributed by atoms with Gasteiger partial charge in [-0.3, -0.25) is 14.6 Å². The number of nitrogens with one attached hydrogen (secondary N) is 1. The topological polar surface area (TPSA) is 71.5 Å². The lowest BCUT2D eigenvalue weighted by atomic mass is 10.0. The Labute approximate surface area is 146 Å². The summed E-state index contributed by atoms with van der Waals surface area (Å²) < 4.78 is 5.11. The van der Waals surface area contributed by atoms with E-state index >= 15 is 0 Å². The van der Waals surface area contributed by atoms with Crippen LogP contribution in [0.4, 0.5) is 0 Å². The summed E-state index contributed by atoms with van der Waals surface area (Å²) in [5.41, 5.74) is 1.21. The third kappa shape index (κ3) is 4.15. The number of aromatic nitrogens is 1. The predicted octanol–water partition coefficient (Wildman–Crippen LogP) is 2.12. The Morgan fingerprint density at radius 3 is 2.44 bits per heavy atom. The summed E-state index contributed by atoms with van der Waals surface area (Å²) >= 11 is 0. The highest BCUT2D eigenvalue weighted by Crippen LogP contribution is 2.17. The molecule has 0 bridgehead atoms. The van der Waals surface area contributed by atoms with Crippen LogP contribution in [-0.4, -0.2) is 47.9 Å². The number of rotatable bonds is 4. The minimum Gasteiger partial charge on any atom is -0.497 e. The van der Waals surface area contributed by atoms with E-state index in [4.69, 9.17) is 4.74 Å². The number of ether oxygens (including phenoxy) is 1. The molecule has 0 aliphatic carbocycles. The van der Waals surface area contributed by atoms with Gasteiger partial charge in [0.05, 0.1) is 12.7 Å². The second-order valence-corrected chi connectivity index (χ2v) is 6.01. The van der Waals surface area contributed by atoms with Crippen LogP contribution in [-0.2, 0) is 0 Å². The number of likely N-dealkylation sites (tertiary alicyclic amines) is 1. The average molecular weight is 339 g/mol. The van der Waals surface area contributed by atoms with Gasteiger partial charge in [0.1, 0.15) is 5.75 Å². The van der Waals surface area contributed by atoms with Crippen LogP contribution in [0.15, 0.2) is 48.8 Å². The fourth-order valence-electron chi connectivity index (χ4n) is 2.91. The van der Waals surface area contributed by atoms with E-state index in [2.05, 4.69) is 10.3 Å². The molecule has 1 fully saturated rings. The smallest absolute Gasteiger partial charge is 0.253 e. The van der Waals surface area contributed by atoms with Crippen LogP contribution in [0.3, 0.4) is 0 Å². The maximum Gasteiger partial charge on any atom is 0.253 e. The van der Waals surface area contributed by atoms with Crippen LogP contribution in [0, 0.1) is 0 Å². The molecule has 0 spiro atoms. The first-order valence-electron chi connectivity index (χ1n) is 8.31. The van der Waals surface area contributed by atoms with Crippen molar-refractivity contribution >= 4 is 11.8 Å². The molecule has 130 valence electrons. The molecule has 6 heteroatoms. The van der Waals surface area contributed by atoms with E-state index in [-0.39, 0.29) is 17.9 Å². The Morgan fingerprint density at radius 1 is 1.12 bits per heavy atom. The number of benzene rings is 1. The van der Waals surface area contributed by atoms with Crippen molar-refractivity contribution in [3.05, 3.63) is 59.9 Å². The number of hydrogen-bond acceptors (Lipinski definition) is 4. The Hall–Kier alpha value is -2.89. The van der Waals surface area contributed by atoms with Gasteiger partial charge in [-0.1, -0.05) is 0 Å². The Bertz CT molecular complexity index is 723. The molecule has 1 aliphatic heterocycles. The summed E-state index contributed by atoms with van der Waals surface area (Å²) in [6.45, 7) is 1.26. The number of hydrogen-bond donors (Lipinski definition) is 1. The zero-order valence-electron chi connectivity index (χ0n) is 14.1. The molecule has 0 saturated carbocycles.